The molecule has 0 aliphatic heterocycles. The third-order valence-corrected chi connectivity index (χ3v) is 2.48. The predicted molar refractivity (Wildman–Crippen MR) is 39.0 cm³/mol. The Morgan fingerprint density at radius 2 is 1.62 bits per heavy atom. The van der Waals surface area contributed by atoms with E-state index in [1.54, 1.807) is 0 Å². The summed E-state index contributed by atoms with van der Waals surface area (Å²) in [5, 5.41) is 0. The first kappa shape index (κ1) is 10.4. The Morgan fingerprint density at radius 3 is 1.92 bits per heavy atom. The minimum absolute atomic E-state index is 0.430. The molecule has 1 aromatic heterocycles. The lowest BCUT2D eigenvalue weighted by Gasteiger charge is -2.17. The van der Waals surface area contributed by atoms with Gasteiger partial charge in [-0.1, -0.05) is 0 Å². The fourth-order valence-corrected chi connectivity index (χ4v) is 1.61. The Bertz CT molecular complexity index is 298. The molecule has 0 saturated carbocycles. The summed E-state index contributed by atoms with van der Waals surface area (Å²) in [6.45, 7) is 1.47. The van der Waals surface area contributed by atoms with Gasteiger partial charge in [-0.3, -0.25) is 0 Å². The Labute approximate surface area is 75.0 Å². The lowest BCUT2D eigenvalue weighted by molar-refractivity contribution is -0.287. The van der Waals surface area contributed by atoms with E-state index in [2.05, 4.69) is 0 Å². The molecule has 0 aromatic carbocycles. The van der Waals surface area contributed by atoms with Gasteiger partial charge in [0.1, 0.15) is 0 Å². The van der Waals surface area contributed by atoms with Crippen LogP contribution in [-0.2, 0) is 5.92 Å². The zero-order chi connectivity index (χ0) is 10.3. The van der Waals surface area contributed by atoms with Gasteiger partial charge in [0.2, 0.25) is 0 Å². The van der Waals surface area contributed by atoms with Crippen LogP contribution in [0.2, 0.25) is 0 Å². The van der Waals surface area contributed by atoms with Gasteiger partial charge >= 0.3 is 12.1 Å². The normalized spacial score (nSPS) is 13.4. The molecule has 6 heteroatoms. The number of hydrogen-bond donors (Lipinski definition) is 0. The van der Waals surface area contributed by atoms with Crippen LogP contribution in [0.25, 0.3) is 0 Å². The SMILES string of the molecule is Cc1ccc(C(F)(F)C(F)(F)F)s1. The van der Waals surface area contributed by atoms with E-state index in [1.165, 1.54) is 13.0 Å². The fourth-order valence-electron chi connectivity index (χ4n) is 0.743. The molecule has 0 fully saturated rings. The predicted octanol–water partition coefficient (Wildman–Crippen LogP) is 3.71. The molecule has 0 N–H and O–H groups in total. The van der Waals surface area contributed by atoms with E-state index in [0.717, 1.165) is 6.07 Å². The van der Waals surface area contributed by atoms with Gasteiger partial charge in [0, 0.05) is 4.88 Å². The number of rotatable bonds is 1. The van der Waals surface area contributed by atoms with Crippen LogP contribution in [0.15, 0.2) is 12.1 Å². The van der Waals surface area contributed by atoms with Gasteiger partial charge in [-0.2, -0.15) is 22.0 Å². The molecule has 0 atom stereocenters. The molecule has 13 heavy (non-hydrogen) atoms. The zero-order valence-corrected chi connectivity index (χ0v) is 7.27. The molecule has 1 rings (SSSR count). The van der Waals surface area contributed by atoms with E-state index in [1.807, 2.05) is 0 Å². The summed E-state index contributed by atoms with van der Waals surface area (Å²) in [4.78, 5) is -0.531. The van der Waals surface area contributed by atoms with Crippen molar-refractivity contribution in [2.45, 2.75) is 19.0 Å². The van der Waals surface area contributed by atoms with Crippen LogP contribution >= 0.6 is 11.3 Å². The Hall–Kier alpha value is -0.650. The molecule has 0 spiro atoms. The number of thiophene rings is 1. The van der Waals surface area contributed by atoms with Gasteiger partial charge in [-0.05, 0) is 19.1 Å². The summed E-state index contributed by atoms with van der Waals surface area (Å²) in [7, 11) is 0. The minimum atomic E-state index is -5.51. The molecular formula is C7H5F5S. The maximum Gasteiger partial charge on any atom is 0.458 e. The molecule has 0 nitrogen and oxygen atoms in total. The van der Waals surface area contributed by atoms with E-state index >= 15 is 0 Å². The van der Waals surface area contributed by atoms with Crippen molar-refractivity contribution in [3.63, 3.8) is 0 Å². The second kappa shape index (κ2) is 2.94. The van der Waals surface area contributed by atoms with Crippen molar-refractivity contribution in [3.05, 3.63) is 21.9 Å². The highest BCUT2D eigenvalue weighted by Gasteiger charge is 2.59. The first-order valence-electron chi connectivity index (χ1n) is 3.26. The van der Waals surface area contributed by atoms with Crippen LogP contribution in [0.3, 0.4) is 0 Å². The molecule has 0 unspecified atom stereocenters. The van der Waals surface area contributed by atoms with Crippen LogP contribution in [-0.4, -0.2) is 6.18 Å². The third-order valence-electron chi connectivity index (χ3n) is 1.41. The van der Waals surface area contributed by atoms with Gasteiger partial charge in [0.15, 0.2) is 0 Å². The highest BCUT2D eigenvalue weighted by atomic mass is 32.1. The zero-order valence-electron chi connectivity index (χ0n) is 6.45. The lowest BCUT2D eigenvalue weighted by atomic mass is 10.2. The van der Waals surface area contributed by atoms with Gasteiger partial charge in [0.05, 0.1) is 4.88 Å². The Morgan fingerprint density at radius 1 is 1.08 bits per heavy atom. The van der Waals surface area contributed by atoms with Crippen molar-refractivity contribution in [1.29, 1.82) is 0 Å². The summed E-state index contributed by atoms with van der Waals surface area (Å²) in [6, 6.07) is 2.03. The average Bonchev–Trinajstić information content (AvgIpc) is 2.33. The van der Waals surface area contributed by atoms with Crippen molar-refractivity contribution >= 4 is 11.3 Å². The molecular weight excluding hydrogens is 211 g/mol. The van der Waals surface area contributed by atoms with Gasteiger partial charge in [0.25, 0.3) is 0 Å². The summed E-state index contributed by atoms with van der Waals surface area (Å²) in [5.74, 6) is -4.73. The van der Waals surface area contributed by atoms with Crippen LogP contribution in [0.5, 0.6) is 0 Å². The van der Waals surface area contributed by atoms with Crippen LogP contribution < -0.4 is 0 Å². The molecule has 0 radical (unpaired) electrons. The number of hydrogen-bond acceptors (Lipinski definition) is 1. The summed E-state index contributed by atoms with van der Waals surface area (Å²) < 4.78 is 60.5. The average molecular weight is 216 g/mol. The van der Waals surface area contributed by atoms with Gasteiger partial charge in [-0.25, -0.2) is 0 Å². The van der Waals surface area contributed by atoms with E-state index in [0.29, 0.717) is 16.2 Å². The van der Waals surface area contributed by atoms with Crippen molar-refractivity contribution in [1.82, 2.24) is 0 Å². The quantitative estimate of drug-likeness (QED) is 0.628. The van der Waals surface area contributed by atoms with E-state index in [-0.39, 0.29) is 0 Å². The topological polar surface area (TPSA) is 0 Å². The van der Waals surface area contributed by atoms with Crippen molar-refractivity contribution in [2.24, 2.45) is 0 Å². The first-order valence-corrected chi connectivity index (χ1v) is 4.08. The maximum absolute atomic E-state index is 12.6. The van der Waals surface area contributed by atoms with Crippen LogP contribution in [0, 0.1) is 6.92 Å². The lowest BCUT2D eigenvalue weighted by Crippen LogP contribution is -2.32. The number of halogens is 5. The smallest absolute Gasteiger partial charge is 0.190 e. The molecule has 0 bridgehead atoms. The van der Waals surface area contributed by atoms with Crippen LogP contribution in [0.1, 0.15) is 9.75 Å². The molecule has 1 heterocycles. The Balaban J connectivity index is 3.07. The third kappa shape index (κ3) is 1.82. The summed E-state index contributed by atoms with van der Waals surface area (Å²) in [6.07, 6.45) is -5.51. The first-order chi connectivity index (χ1) is 5.75. The van der Waals surface area contributed by atoms with Crippen molar-refractivity contribution < 1.29 is 22.0 Å². The van der Waals surface area contributed by atoms with E-state index < -0.39 is 17.0 Å². The van der Waals surface area contributed by atoms with Gasteiger partial charge < -0.3 is 0 Å². The molecule has 0 aliphatic rings. The Kier molecular flexibility index (Phi) is 2.36. The highest BCUT2D eigenvalue weighted by molar-refractivity contribution is 7.12. The van der Waals surface area contributed by atoms with E-state index in [4.69, 9.17) is 0 Å². The monoisotopic (exact) mass is 216 g/mol. The summed E-state index contributed by atoms with van der Waals surface area (Å²) >= 11 is 0.452. The molecule has 74 valence electrons. The molecule has 0 aliphatic carbocycles. The fraction of sp³-hybridized carbons (Fsp3) is 0.429. The minimum Gasteiger partial charge on any atom is -0.190 e. The van der Waals surface area contributed by atoms with Crippen molar-refractivity contribution in [3.8, 4) is 0 Å². The largest absolute Gasteiger partial charge is 0.458 e. The molecule has 1 aromatic rings. The molecule has 0 saturated heterocycles. The number of aryl methyl sites for hydroxylation is 1. The van der Waals surface area contributed by atoms with Crippen molar-refractivity contribution in [2.75, 3.05) is 0 Å². The van der Waals surface area contributed by atoms with E-state index in [9.17, 15) is 22.0 Å². The summed E-state index contributed by atoms with van der Waals surface area (Å²) in [5.41, 5.74) is 0. The molecule has 0 amide bonds. The van der Waals surface area contributed by atoms with Gasteiger partial charge in [-0.15, -0.1) is 11.3 Å². The van der Waals surface area contributed by atoms with Crippen LogP contribution in [0.4, 0.5) is 22.0 Å². The standard InChI is InChI=1S/C7H5F5S/c1-4-2-3-5(13-4)6(8,9)7(10,11)12/h2-3H,1H3. The maximum atomic E-state index is 12.6. The second-order valence-corrected chi connectivity index (χ2v) is 3.77. The highest BCUT2D eigenvalue weighted by Crippen LogP contribution is 2.46. The number of alkyl halides is 5. The second-order valence-electron chi connectivity index (χ2n) is 2.48.